The Bertz CT molecular complexity index is 1290. The third kappa shape index (κ3) is 5.19. The van der Waals surface area contributed by atoms with Crippen molar-refractivity contribution in [2.24, 2.45) is 0 Å². The number of hydrogen-bond donors (Lipinski definition) is 0. The number of benzene rings is 2. The monoisotopic (exact) mass is 491 g/mol. The van der Waals surface area contributed by atoms with Crippen molar-refractivity contribution in [1.29, 1.82) is 0 Å². The number of aromatic nitrogens is 3. The highest BCUT2D eigenvalue weighted by Gasteiger charge is 2.21. The summed E-state index contributed by atoms with van der Waals surface area (Å²) < 4.78 is 33.9. The molecule has 0 fully saturated rings. The minimum absolute atomic E-state index is 0.300. The molecule has 0 saturated carbocycles. The first kappa shape index (κ1) is 24.8. The van der Waals surface area contributed by atoms with Crippen LogP contribution in [0.25, 0.3) is 34.1 Å². The van der Waals surface area contributed by atoms with E-state index in [9.17, 15) is 0 Å². The van der Waals surface area contributed by atoms with E-state index in [4.69, 9.17) is 28.2 Å². The summed E-state index contributed by atoms with van der Waals surface area (Å²) in [6.45, 7) is 7.12. The number of methoxy groups -OCH3 is 2. The second kappa shape index (κ2) is 11.4. The summed E-state index contributed by atoms with van der Waals surface area (Å²) in [5, 5.41) is 4.17. The maximum absolute atomic E-state index is 5.80. The molecule has 4 aromatic rings. The molecular formula is C27H29N3O6. The molecule has 0 radical (unpaired) electrons. The van der Waals surface area contributed by atoms with Crippen LogP contribution in [0.4, 0.5) is 0 Å². The van der Waals surface area contributed by atoms with E-state index in [0.29, 0.717) is 65.8 Å². The Morgan fingerprint density at radius 3 is 2.11 bits per heavy atom. The van der Waals surface area contributed by atoms with Crippen molar-refractivity contribution >= 4 is 0 Å². The predicted octanol–water partition coefficient (Wildman–Crippen LogP) is 5.68. The van der Waals surface area contributed by atoms with Gasteiger partial charge in [-0.05, 0) is 57.2 Å². The molecule has 0 bridgehead atoms. The molecule has 2 heterocycles. The number of ether oxygens (including phenoxy) is 5. The van der Waals surface area contributed by atoms with Gasteiger partial charge in [-0.2, -0.15) is 4.98 Å². The lowest BCUT2D eigenvalue weighted by molar-refractivity contribution is 0.261. The molecule has 2 aromatic heterocycles. The molecule has 2 aromatic carbocycles. The van der Waals surface area contributed by atoms with Crippen molar-refractivity contribution in [1.82, 2.24) is 15.1 Å². The molecule has 0 aliphatic heterocycles. The Balaban J connectivity index is 1.71. The standard InChI is InChI=1S/C27H29N3O6/c1-6-33-22-15-18(16-23(34-7-2)24(22)35-8-3)26-29-25(30-36-26)20-12-13-21(28-27(20)32-5)17-10-9-11-19(14-17)31-4/h9-16H,6-8H2,1-5H3. The van der Waals surface area contributed by atoms with Gasteiger partial charge in [0, 0.05) is 11.1 Å². The van der Waals surface area contributed by atoms with Gasteiger partial charge in [0.15, 0.2) is 11.5 Å². The van der Waals surface area contributed by atoms with Crippen LogP contribution in [0.3, 0.4) is 0 Å². The summed E-state index contributed by atoms with van der Waals surface area (Å²) in [5.74, 6) is 3.39. The van der Waals surface area contributed by atoms with Gasteiger partial charge < -0.3 is 28.2 Å². The molecule has 36 heavy (non-hydrogen) atoms. The van der Waals surface area contributed by atoms with E-state index in [1.165, 1.54) is 0 Å². The molecular weight excluding hydrogens is 462 g/mol. The summed E-state index contributed by atoms with van der Waals surface area (Å²) in [7, 11) is 3.18. The molecule has 0 N–H and O–H groups in total. The number of nitrogens with zero attached hydrogens (tertiary/aromatic N) is 3. The third-order valence-electron chi connectivity index (χ3n) is 5.24. The number of rotatable bonds is 11. The summed E-state index contributed by atoms with van der Waals surface area (Å²) in [6, 6.07) is 15.0. The quantitative estimate of drug-likeness (QED) is 0.262. The van der Waals surface area contributed by atoms with E-state index in [2.05, 4.69) is 15.1 Å². The summed E-state index contributed by atoms with van der Waals surface area (Å²) in [6.07, 6.45) is 0. The minimum Gasteiger partial charge on any atom is -0.497 e. The zero-order valence-corrected chi connectivity index (χ0v) is 21.0. The highest BCUT2D eigenvalue weighted by Crippen LogP contribution is 2.42. The van der Waals surface area contributed by atoms with Crippen molar-refractivity contribution in [3.63, 3.8) is 0 Å². The topological polar surface area (TPSA) is 98.0 Å². The molecule has 0 amide bonds. The fourth-order valence-corrected chi connectivity index (χ4v) is 3.67. The summed E-state index contributed by atoms with van der Waals surface area (Å²) in [5.41, 5.74) is 2.87. The van der Waals surface area contributed by atoms with Crippen molar-refractivity contribution in [3.05, 3.63) is 48.5 Å². The van der Waals surface area contributed by atoms with Gasteiger partial charge in [-0.25, -0.2) is 4.98 Å². The fourth-order valence-electron chi connectivity index (χ4n) is 3.67. The zero-order valence-electron chi connectivity index (χ0n) is 21.0. The van der Waals surface area contributed by atoms with Gasteiger partial charge in [-0.3, -0.25) is 0 Å². The van der Waals surface area contributed by atoms with Crippen LogP contribution in [0.5, 0.6) is 28.9 Å². The van der Waals surface area contributed by atoms with Crippen LogP contribution >= 0.6 is 0 Å². The van der Waals surface area contributed by atoms with Gasteiger partial charge in [0.1, 0.15) is 5.75 Å². The predicted molar refractivity (Wildman–Crippen MR) is 135 cm³/mol. The first-order chi connectivity index (χ1) is 17.6. The lowest BCUT2D eigenvalue weighted by Crippen LogP contribution is -2.03. The maximum atomic E-state index is 5.80. The zero-order chi connectivity index (χ0) is 25.5. The number of hydrogen-bond acceptors (Lipinski definition) is 9. The molecule has 4 rings (SSSR count). The summed E-state index contributed by atoms with van der Waals surface area (Å²) >= 11 is 0. The lowest BCUT2D eigenvalue weighted by atomic mass is 10.1. The molecule has 188 valence electrons. The first-order valence-corrected chi connectivity index (χ1v) is 11.7. The highest BCUT2D eigenvalue weighted by atomic mass is 16.5. The number of pyridine rings is 1. The second-order valence-corrected chi connectivity index (χ2v) is 7.51. The first-order valence-electron chi connectivity index (χ1n) is 11.7. The second-order valence-electron chi connectivity index (χ2n) is 7.51. The smallest absolute Gasteiger partial charge is 0.258 e. The SMILES string of the molecule is CCOc1cc(-c2nc(-c3ccc(-c4cccc(OC)c4)nc3OC)no2)cc(OCC)c1OCC. The van der Waals surface area contributed by atoms with Crippen LogP contribution in [-0.4, -0.2) is 49.2 Å². The molecule has 0 aliphatic carbocycles. The van der Waals surface area contributed by atoms with Gasteiger partial charge in [0.2, 0.25) is 17.5 Å². The van der Waals surface area contributed by atoms with E-state index in [1.54, 1.807) is 26.4 Å². The van der Waals surface area contributed by atoms with Crippen LogP contribution in [0.15, 0.2) is 53.1 Å². The van der Waals surface area contributed by atoms with Crippen molar-refractivity contribution in [2.45, 2.75) is 20.8 Å². The van der Waals surface area contributed by atoms with Crippen molar-refractivity contribution in [2.75, 3.05) is 34.0 Å². The Hall–Kier alpha value is -4.27. The van der Waals surface area contributed by atoms with Crippen LogP contribution < -0.4 is 23.7 Å². The normalized spacial score (nSPS) is 10.7. The van der Waals surface area contributed by atoms with Gasteiger partial charge in [0.05, 0.1) is 45.3 Å². The van der Waals surface area contributed by atoms with Crippen molar-refractivity contribution in [3.8, 4) is 63.0 Å². The van der Waals surface area contributed by atoms with Crippen molar-refractivity contribution < 1.29 is 28.2 Å². The lowest BCUT2D eigenvalue weighted by Gasteiger charge is -2.16. The Labute approximate surface area is 209 Å². The summed E-state index contributed by atoms with van der Waals surface area (Å²) in [4.78, 5) is 9.25. The average Bonchev–Trinajstić information content (AvgIpc) is 3.40. The Kier molecular flexibility index (Phi) is 7.89. The molecule has 0 atom stereocenters. The average molecular weight is 492 g/mol. The van der Waals surface area contributed by atoms with Crippen LogP contribution in [0, 0.1) is 0 Å². The molecule has 0 aliphatic rings. The van der Waals surface area contributed by atoms with Gasteiger partial charge in [-0.15, -0.1) is 0 Å². The van der Waals surface area contributed by atoms with Gasteiger partial charge >= 0.3 is 0 Å². The van der Waals surface area contributed by atoms with E-state index < -0.39 is 0 Å². The van der Waals surface area contributed by atoms with Crippen LogP contribution in [-0.2, 0) is 0 Å². The van der Waals surface area contributed by atoms with Gasteiger partial charge in [-0.1, -0.05) is 17.3 Å². The molecule has 0 unspecified atom stereocenters. The maximum Gasteiger partial charge on any atom is 0.258 e. The molecule has 9 nitrogen and oxygen atoms in total. The van der Waals surface area contributed by atoms with Crippen LogP contribution in [0.1, 0.15) is 20.8 Å². The third-order valence-corrected chi connectivity index (χ3v) is 5.24. The van der Waals surface area contributed by atoms with Crippen LogP contribution in [0.2, 0.25) is 0 Å². The highest BCUT2D eigenvalue weighted by molar-refractivity contribution is 5.71. The van der Waals surface area contributed by atoms with Gasteiger partial charge in [0.25, 0.3) is 5.89 Å². The van der Waals surface area contributed by atoms with E-state index in [-0.39, 0.29) is 0 Å². The Morgan fingerprint density at radius 1 is 0.750 bits per heavy atom. The minimum atomic E-state index is 0.300. The largest absolute Gasteiger partial charge is 0.497 e. The molecule has 9 heteroatoms. The fraction of sp³-hybridized carbons (Fsp3) is 0.296. The van der Waals surface area contributed by atoms with E-state index in [0.717, 1.165) is 17.0 Å². The molecule has 0 saturated heterocycles. The van der Waals surface area contributed by atoms with E-state index >= 15 is 0 Å². The van der Waals surface area contributed by atoms with E-state index in [1.807, 2.05) is 57.2 Å². The Morgan fingerprint density at radius 2 is 1.47 bits per heavy atom. The molecule has 0 spiro atoms.